The van der Waals surface area contributed by atoms with Crippen molar-refractivity contribution in [2.45, 2.75) is 45.2 Å². The molecule has 0 saturated carbocycles. The van der Waals surface area contributed by atoms with E-state index in [2.05, 4.69) is 20.4 Å². The molecule has 5 rings (SSSR count). The van der Waals surface area contributed by atoms with Gasteiger partial charge in [-0.2, -0.15) is 4.98 Å². The monoisotopic (exact) mass is 537 g/mol. The van der Waals surface area contributed by atoms with Gasteiger partial charge in [0.1, 0.15) is 16.9 Å². The predicted octanol–water partition coefficient (Wildman–Crippen LogP) is 4.14. The molecule has 9 nitrogen and oxygen atoms in total. The zero-order valence-electron chi connectivity index (χ0n) is 20.7. The van der Waals surface area contributed by atoms with Crippen LogP contribution in [0.15, 0.2) is 24.4 Å². The minimum atomic E-state index is -3.22. The number of benzene rings is 1. The molecule has 1 N–H and O–H groups in total. The number of likely N-dealkylation sites (tertiary alicyclic amines) is 1. The highest BCUT2D eigenvalue weighted by molar-refractivity contribution is 5.90. The predicted molar refractivity (Wildman–Crippen MR) is 128 cm³/mol. The second-order valence-electron chi connectivity index (χ2n) is 9.14. The molecule has 4 heterocycles. The fraction of sp³-hybridized carbons (Fsp3) is 0.417. The summed E-state index contributed by atoms with van der Waals surface area (Å²) in [5.74, 6) is -4.17. The number of nitrogens with zero attached hydrogens (tertiary/aromatic N) is 6. The summed E-state index contributed by atoms with van der Waals surface area (Å²) >= 11 is 0. The van der Waals surface area contributed by atoms with Crippen molar-refractivity contribution < 1.29 is 31.5 Å². The first-order valence-corrected chi connectivity index (χ1v) is 11.8. The minimum Gasteiger partial charge on any atom is -0.479 e. The molecule has 1 aromatic carbocycles. The molecule has 0 radical (unpaired) electrons. The fourth-order valence-electron chi connectivity index (χ4n) is 4.79. The summed E-state index contributed by atoms with van der Waals surface area (Å²) in [4.78, 5) is 20.9. The molecule has 1 saturated heterocycles. The van der Waals surface area contributed by atoms with Crippen molar-refractivity contribution in [3.63, 3.8) is 0 Å². The second-order valence-corrected chi connectivity index (χ2v) is 9.14. The maximum atomic E-state index is 15.0. The number of fused-ring (bicyclic) bond motifs is 2. The Kier molecular flexibility index (Phi) is 6.35. The standard InChI is InChI=1S/C24H24F5N7O2/c1-12-30-20-16(25)8-14(9-17(20)35(12)10-19(26)27)15-4-7-36-21(15)22(38-3)32-23(33-36)31-18-5-6-34(13(2)37)11-24(18,28)29/h4,7-9,18-19H,5-6,10-11H2,1-3H3,(H,31,33). The van der Waals surface area contributed by atoms with Crippen LogP contribution in [0.3, 0.4) is 0 Å². The molecule has 1 unspecified atom stereocenters. The van der Waals surface area contributed by atoms with Crippen LogP contribution >= 0.6 is 0 Å². The highest BCUT2D eigenvalue weighted by Crippen LogP contribution is 2.35. The van der Waals surface area contributed by atoms with E-state index in [0.717, 1.165) is 4.90 Å². The summed E-state index contributed by atoms with van der Waals surface area (Å²) < 4.78 is 78.8. The van der Waals surface area contributed by atoms with E-state index in [0.29, 0.717) is 16.6 Å². The van der Waals surface area contributed by atoms with Crippen molar-refractivity contribution in [2.75, 3.05) is 25.5 Å². The van der Waals surface area contributed by atoms with Crippen molar-refractivity contribution >= 4 is 28.4 Å². The normalized spacial score (nSPS) is 17.5. The van der Waals surface area contributed by atoms with Gasteiger partial charge in [0.2, 0.25) is 17.7 Å². The Morgan fingerprint density at radius 1 is 1.29 bits per heavy atom. The molecular weight excluding hydrogens is 513 g/mol. The number of rotatable bonds is 6. The van der Waals surface area contributed by atoms with E-state index in [-0.39, 0.29) is 41.7 Å². The number of carbonyl (C=O) groups is 1. The lowest BCUT2D eigenvalue weighted by Gasteiger charge is -2.38. The van der Waals surface area contributed by atoms with Gasteiger partial charge in [-0.1, -0.05) is 0 Å². The van der Waals surface area contributed by atoms with Crippen molar-refractivity contribution in [1.82, 2.24) is 29.0 Å². The first-order chi connectivity index (χ1) is 18.0. The maximum absolute atomic E-state index is 15.0. The fourth-order valence-corrected chi connectivity index (χ4v) is 4.79. The van der Waals surface area contributed by atoms with Crippen LogP contribution in [0.1, 0.15) is 19.2 Å². The lowest BCUT2D eigenvalue weighted by atomic mass is 10.0. The van der Waals surface area contributed by atoms with E-state index in [1.807, 2.05) is 0 Å². The molecule has 202 valence electrons. The number of hydrogen-bond acceptors (Lipinski definition) is 6. The van der Waals surface area contributed by atoms with Gasteiger partial charge in [0, 0.05) is 25.2 Å². The number of aromatic nitrogens is 5. The molecule has 1 aliphatic heterocycles. The van der Waals surface area contributed by atoms with E-state index in [4.69, 9.17) is 4.74 Å². The Hall–Kier alpha value is -3.97. The first-order valence-electron chi connectivity index (χ1n) is 11.8. The number of piperidine rings is 1. The van der Waals surface area contributed by atoms with Gasteiger partial charge in [-0.05, 0) is 37.1 Å². The SMILES string of the molecule is COc1nc(NC2CCN(C(C)=O)CC2(F)F)nn2ccc(-c3cc(F)c4nc(C)n(CC(F)F)c4c3)c12. The van der Waals surface area contributed by atoms with Crippen LogP contribution in [0.25, 0.3) is 27.7 Å². The molecule has 0 spiro atoms. The lowest BCUT2D eigenvalue weighted by Crippen LogP contribution is -2.55. The third-order valence-electron chi connectivity index (χ3n) is 6.65. The largest absolute Gasteiger partial charge is 0.479 e. The van der Waals surface area contributed by atoms with E-state index in [1.165, 1.54) is 42.3 Å². The Labute approximate surface area is 213 Å². The van der Waals surface area contributed by atoms with Crippen LogP contribution in [-0.4, -0.2) is 73.5 Å². The van der Waals surface area contributed by atoms with Gasteiger partial charge >= 0.3 is 0 Å². The van der Waals surface area contributed by atoms with E-state index < -0.39 is 43.2 Å². The summed E-state index contributed by atoms with van der Waals surface area (Å²) in [6.07, 6.45) is -1.15. The summed E-state index contributed by atoms with van der Waals surface area (Å²) in [5, 5.41) is 6.93. The molecule has 4 aromatic rings. The summed E-state index contributed by atoms with van der Waals surface area (Å²) in [6.45, 7) is 1.56. The molecular formula is C24H24F5N7O2. The number of alkyl halides is 4. The number of ether oxygens (including phenoxy) is 1. The minimum absolute atomic E-state index is 0.0156. The topological polar surface area (TPSA) is 89.6 Å². The average molecular weight is 537 g/mol. The van der Waals surface area contributed by atoms with Gasteiger partial charge in [0.05, 0.1) is 31.8 Å². The van der Waals surface area contributed by atoms with Gasteiger partial charge in [-0.15, -0.1) is 5.10 Å². The Morgan fingerprint density at radius 3 is 2.71 bits per heavy atom. The molecule has 0 aliphatic carbocycles. The van der Waals surface area contributed by atoms with Crippen LogP contribution in [0, 0.1) is 12.7 Å². The van der Waals surface area contributed by atoms with Crippen molar-refractivity contribution in [2.24, 2.45) is 0 Å². The van der Waals surface area contributed by atoms with Crippen molar-refractivity contribution in [3.05, 3.63) is 36.0 Å². The van der Waals surface area contributed by atoms with Crippen LogP contribution in [0.4, 0.5) is 27.9 Å². The number of amides is 1. The smallest absolute Gasteiger partial charge is 0.285 e. The third kappa shape index (κ3) is 4.47. The Bertz CT molecular complexity index is 1530. The number of hydrogen-bond donors (Lipinski definition) is 1. The number of methoxy groups -OCH3 is 1. The molecule has 1 atom stereocenters. The molecule has 3 aromatic heterocycles. The summed E-state index contributed by atoms with van der Waals surface area (Å²) in [6, 6.07) is 3.07. The van der Waals surface area contributed by atoms with Crippen LogP contribution in [0.2, 0.25) is 0 Å². The summed E-state index contributed by atoms with van der Waals surface area (Å²) in [7, 11) is 1.34. The number of imidazole rings is 1. The first kappa shape index (κ1) is 25.7. The van der Waals surface area contributed by atoms with Crippen LogP contribution in [0.5, 0.6) is 5.88 Å². The van der Waals surface area contributed by atoms with Crippen molar-refractivity contribution in [1.29, 1.82) is 0 Å². The van der Waals surface area contributed by atoms with E-state index >= 15 is 0 Å². The third-order valence-corrected chi connectivity index (χ3v) is 6.65. The highest BCUT2D eigenvalue weighted by Gasteiger charge is 2.45. The van der Waals surface area contributed by atoms with Crippen LogP contribution in [-0.2, 0) is 11.3 Å². The maximum Gasteiger partial charge on any atom is 0.285 e. The number of carbonyl (C=O) groups excluding carboxylic acids is 1. The van der Waals surface area contributed by atoms with Gasteiger partial charge in [-0.25, -0.2) is 31.5 Å². The van der Waals surface area contributed by atoms with Gasteiger partial charge in [0.25, 0.3) is 12.3 Å². The number of halogens is 5. The molecule has 38 heavy (non-hydrogen) atoms. The van der Waals surface area contributed by atoms with Gasteiger partial charge in [0.15, 0.2) is 5.82 Å². The molecule has 14 heteroatoms. The molecule has 1 aliphatic rings. The van der Waals surface area contributed by atoms with Gasteiger partial charge < -0.3 is 19.5 Å². The lowest BCUT2D eigenvalue weighted by molar-refractivity contribution is -0.140. The summed E-state index contributed by atoms with van der Waals surface area (Å²) in [5.41, 5.74) is 1.29. The zero-order chi connectivity index (χ0) is 27.4. The van der Waals surface area contributed by atoms with Gasteiger partial charge in [-0.3, -0.25) is 4.79 Å². The van der Waals surface area contributed by atoms with E-state index in [9.17, 15) is 26.7 Å². The Balaban J connectivity index is 1.53. The molecule has 0 bridgehead atoms. The quantitative estimate of drug-likeness (QED) is 0.372. The van der Waals surface area contributed by atoms with Crippen molar-refractivity contribution in [3.8, 4) is 17.0 Å². The Morgan fingerprint density at radius 2 is 2.05 bits per heavy atom. The number of aryl methyl sites for hydroxylation is 1. The average Bonchev–Trinajstić information content (AvgIpc) is 3.41. The second kappa shape index (κ2) is 9.40. The molecule has 1 fully saturated rings. The number of nitrogens with one attached hydrogen (secondary N) is 1. The highest BCUT2D eigenvalue weighted by atomic mass is 19.3. The number of anilines is 1. The molecule has 1 amide bonds. The van der Waals surface area contributed by atoms with E-state index in [1.54, 1.807) is 12.1 Å². The zero-order valence-corrected chi connectivity index (χ0v) is 20.7. The van der Waals surface area contributed by atoms with Crippen LogP contribution < -0.4 is 10.1 Å².